The van der Waals surface area contributed by atoms with Crippen molar-refractivity contribution in [2.75, 3.05) is 6.67 Å². The van der Waals surface area contributed by atoms with Crippen molar-refractivity contribution < 1.29 is 0 Å². The zero-order valence-electron chi connectivity index (χ0n) is 5.17. The fourth-order valence-electron chi connectivity index (χ4n) is 0.688. The molecular weight excluding hydrogens is 112 g/mol. The van der Waals surface area contributed by atoms with Crippen molar-refractivity contribution in [1.82, 2.24) is 0 Å². The molecular formula is C7H8N2. The van der Waals surface area contributed by atoms with Gasteiger partial charge in [0.25, 0.3) is 0 Å². The molecule has 0 fully saturated rings. The molecule has 2 heteroatoms. The molecule has 1 aliphatic rings. The van der Waals surface area contributed by atoms with E-state index >= 15 is 0 Å². The second-order valence-corrected chi connectivity index (χ2v) is 1.64. The van der Waals surface area contributed by atoms with Crippen LogP contribution in [0.15, 0.2) is 35.3 Å². The minimum absolute atomic E-state index is 0.530. The maximum Gasteiger partial charge on any atom is 0.130 e. The average molecular weight is 120 g/mol. The fraction of sp³-hybridized carbons (Fsp3) is 0.143. The summed E-state index contributed by atoms with van der Waals surface area (Å²) in [4.78, 5) is 8.06. The summed E-state index contributed by atoms with van der Waals surface area (Å²) in [7, 11) is 0. The van der Waals surface area contributed by atoms with Crippen molar-refractivity contribution in [2.24, 2.45) is 9.98 Å². The van der Waals surface area contributed by atoms with Crippen LogP contribution in [-0.2, 0) is 0 Å². The van der Waals surface area contributed by atoms with Crippen molar-refractivity contribution in [3.63, 3.8) is 0 Å². The van der Waals surface area contributed by atoms with Crippen LogP contribution in [0, 0.1) is 0 Å². The Kier molecular flexibility index (Phi) is 1.58. The topological polar surface area (TPSA) is 24.7 Å². The Hall–Kier alpha value is -1.18. The summed E-state index contributed by atoms with van der Waals surface area (Å²) in [5, 5.41) is 0. The highest BCUT2D eigenvalue weighted by Crippen LogP contribution is 1.97. The van der Waals surface area contributed by atoms with Gasteiger partial charge in [0.05, 0.1) is 11.4 Å². The summed E-state index contributed by atoms with van der Waals surface area (Å²) in [5.41, 5.74) is 1.70. The van der Waals surface area contributed by atoms with Crippen molar-refractivity contribution in [3.8, 4) is 0 Å². The normalized spacial score (nSPS) is 16.4. The molecule has 0 saturated heterocycles. The van der Waals surface area contributed by atoms with Crippen LogP contribution >= 0.6 is 0 Å². The first-order chi connectivity index (χ1) is 4.38. The number of hydrogen-bond acceptors (Lipinski definition) is 2. The molecule has 0 saturated carbocycles. The van der Waals surface area contributed by atoms with Gasteiger partial charge in [-0.15, -0.1) is 0 Å². The molecule has 2 nitrogen and oxygen atoms in total. The molecule has 1 rings (SSSR count). The minimum atomic E-state index is 0.530. The summed E-state index contributed by atoms with van der Waals surface area (Å²) in [5.74, 6) is 0. The molecule has 0 aliphatic carbocycles. The number of nitrogens with zero attached hydrogens (tertiary/aromatic N) is 2. The molecule has 9 heavy (non-hydrogen) atoms. The second-order valence-electron chi connectivity index (χ2n) is 1.64. The summed E-state index contributed by atoms with van der Waals surface area (Å²) in [6.45, 7) is 7.69. The van der Waals surface area contributed by atoms with Crippen LogP contribution in [0.4, 0.5) is 0 Å². The van der Waals surface area contributed by atoms with Crippen LogP contribution in [0.3, 0.4) is 0 Å². The Morgan fingerprint density at radius 3 is 1.89 bits per heavy atom. The van der Waals surface area contributed by atoms with E-state index in [1.54, 1.807) is 12.2 Å². The Labute approximate surface area is 54.3 Å². The summed E-state index contributed by atoms with van der Waals surface area (Å²) in [6, 6.07) is 0. The predicted molar refractivity (Wildman–Crippen MR) is 40.1 cm³/mol. The smallest absolute Gasteiger partial charge is 0.130 e. The van der Waals surface area contributed by atoms with Gasteiger partial charge in [0.2, 0.25) is 0 Å². The van der Waals surface area contributed by atoms with E-state index < -0.39 is 0 Å². The van der Waals surface area contributed by atoms with Gasteiger partial charge in [-0.3, -0.25) is 9.98 Å². The third-order valence-electron chi connectivity index (χ3n) is 1.13. The van der Waals surface area contributed by atoms with E-state index in [9.17, 15) is 0 Å². The first-order valence-corrected chi connectivity index (χ1v) is 2.72. The first-order valence-electron chi connectivity index (χ1n) is 2.72. The number of aliphatic imine (C=N–C) groups is 2. The van der Waals surface area contributed by atoms with Gasteiger partial charge in [-0.2, -0.15) is 0 Å². The van der Waals surface area contributed by atoms with Gasteiger partial charge >= 0.3 is 0 Å². The Bertz CT molecular complexity index is 177. The average Bonchev–Trinajstić information content (AvgIpc) is 2.33. The van der Waals surface area contributed by atoms with Crippen LogP contribution < -0.4 is 0 Å². The van der Waals surface area contributed by atoms with E-state index in [0.717, 1.165) is 11.4 Å². The predicted octanol–water partition coefficient (Wildman–Crippen LogP) is 1.21. The molecule has 0 bridgehead atoms. The molecule has 46 valence electrons. The third-order valence-corrected chi connectivity index (χ3v) is 1.13. The molecule has 0 aromatic carbocycles. The highest BCUT2D eigenvalue weighted by molar-refractivity contribution is 6.50. The lowest BCUT2D eigenvalue weighted by Gasteiger charge is -1.87. The maximum absolute atomic E-state index is 4.03. The summed E-state index contributed by atoms with van der Waals surface area (Å²) in [6.07, 6.45) is 3.38. The van der Waals surface area contributed by atoms with Crippen molar-refractivity contribution in [1.29, 1.82) is 0 Å². The molecule has 0 radical (unpaired) electrons. The van der Waals surface area contributed by atoms with E-state index in [-0.39, 0.29) is 0 Å². The lowest BCUT2D eigenvalue weighted by atomic mass is 10.2. The first kappa shape index (κ1) is 5.95. The van der Waals surface area contributed by atoms with Crippen LogP contribution in [0.5, 0.6) is 0 Å². The number of hydrogen-bond donors (Lipinski definition) is 0. The van der Waals surface area contributed by atoms with Crippen molar-refractivity contribution in [3.05, 3.63) is 25.3 Å². The van der Waals surface area contributed by atoms with Gasteiger partial charge < -0.3 is 0 Å². The van der Waals surface area contributed by atoms with Crippen LogP contribution in [0.25, 0.3) is 0 Å². The SMILES string of the molecule is C=CC1=NCN=C1C=C. The van der Waals surface area contributed by atoms with Crippen LogP contribution in [-0.4, -0.2) is 18.1 Å². The van der Waals surface area contributed by atoms with Crippen LogP contribution in [0.2, 0.25) is 0 Å². The van der Waals surface area contributed by atoms with E-state index in [1.807, 2.05) is 0 Å². The third kappa shape index (κ3) is 0.964. The molecule has 1 aliphatic heterocycles. The summed E-state index contributed by atoms with van der Waals surface area (Å²) >= 11 is 0. The van der Waals surface area contributed by atoms with Gasteiger partial charge in [-0.25, -0.2) is 0 Å². The summed E-state index contributed by atoms with van der Waals surface area (Å²) < 4.78 is 0. The number of allylic oxidation sites excluding steroid dienone is 2. The van der Waals surface area contributed by atoms with Gasteiger partial charge in [0, 0.05) is 0 Å². The van der Waals surface area contributed by atoms with E-state index in [4.69, 9.17) is 0 Å². The van der Waals surface area contributed by atoms with E-state index in [1.165, 1.54) is 0 Å². The number of rotatable bonds is 2. The molecule has 0 aromatic rings. The molecule has 0 amide bonds. The molecule has 0 unspecified atom stereocenters. The van der Waals surface area contributed by atoms with E-state index in [2.05, 4.69) is 23.1 Å². The molecule has 1 heterocycles. The molecule has 0 aromatic heterocycles. The molecule has 0 spiro atoms. The van der Waals surface area contributed by atoms with Gasteiger partial charge in [-0.05, 0) is 12.2 Å². The fourth-order valence-corrected chi connectivity index (χ4v) is 0.688. The Morgan fingerprint density at radius 2 is 1.56 bits per heavy atom. The van der Waals surface area contributed by atoms with Crippen molar-refractivity contribution >= 4 is 11.4 Å². The lowest BCUT2D eigenvalue weighted by molar-refractivity contribution is 1.10. The quantitative estimate of drug-likeness (QED) is 0.523. The van der Waals surface area contributed by atoms with E-state index in [0.29, 0.717) is 6.67 Å². The minimum Gasteiger partial charge on any atom is -0.260 e. The standard InChI is InChI=1S/C7H8N2/c1-3-6-7(4-2)9-5-8-6/h3-4H,1-2,5H2. The lowest BCUT2D eigenvalue weighted by Crippen LogP contribution is -2.02. The second kappa shape index (κ2) is 2.40. The Balaban J connectivity index is 2.85. The highest BCUT2D eigenvalue weighted by Gasteiger charge is 2.04. The van der Waals surface area contributed by atoms with Gasteiger partial charge in [-0.1, -0.05) is 13.2 Å². The Morgan fingerprint density at radius 1 is 1.11 bits per heavy atom. The largest absolute Gasteiger partial charge is 0.260 e. The molecule has 0 atom stereocenters. The zero-order valence-corrected chi connectivity index (χ0v) is 5.17. The monoisotopic (exact) mass is 120 g/mol. The maximum atomic E-state index is 4.03. The zero-order chi connectivity index (χ0) is 6.69. The van der Waals surface area contributed by atoms with Crippen molar-refractivity contribution in [2.45, 2.75) is 0 Å². The molecule has 0 N–H and O–H groups in total. The van der Waals surface area contributed by atoms with Gasteiger partial charge in [0.15, 0.2) is 0 Å². The van der Waals surface area contributed by atoms with Crippen LogP contribution in [0.1, 0.15) is 0 Å². The highest BCUT2D eigenvalue weighted by atomic mass is 15.0. The van der Waals surface area contributed by atoms with Gasteiger partial charge in [0.1, 0.15) is 6.67 Å².